The van der Waals surface area contributed by atoms with Gasteiger partial charge in [0, 0.05) is 27.9 Å². The molecule has 0 aliphatic rings. The van der Waals surface area contributed by atoms with Crippen LogP contribution in [0.1, 0.15) is 10.4 Å². The van der Waals surface area contributed by atoms with Gasteiger partial charge in [0.2, 0.25) is 5.91 Å². The van der Waals surface area contributed by atoms with Gasteiger partial charge in [0.05, 0.1) is 21.6 Å². The molecule has 0 aliphatic heterocycles. The number of imidazole rings is 1. The second-order valence-electron chi connectivity index (χ2n) is 6.40. The zero-order valence-electron chi connectivity index (χ0n) is 15.2. The van der Waals surface area contributed by atoms with Gasteiger partial charge >= 0.3 is 0 Å². The molecule has 0 aliphatic carbocycles. The van der Waals surface area contributed by atoms with Crippen LogP contribution in [0.4, 0.5) is 5.69 Å². The number of nitrogens with two attached hydrogens (primary N) is 1. The summed E-state index contributed by atoms with van der Waals surface area (Å²) < 4.78 is 26.3. The Bertz CT molecular complexity index is 1350. The monoisotopic (exact) mass is 460 g/mol. The van der Waals surface area contributed by atoms with Crippen molar-refractivity contribution in [1.82, 2.24) is 9.97 Å². The van der Waals surface area contributed by atoms with Crippen LogP contribution in [0.25, 0.3) is 22.4 Å². The molecule has 3 N–H and O–H groups in total. The molecule has 0 bridgehead atoms. The molecule has 0 saturated heterocycles. The molecule has 1 amide bonds. The fourth-order valence-electron chi connectivity index (χ4n) is 2.87. The van der Waals surface area contributed by atoms with E-state index in [0.29, 0.717) is 31.3 Å². The van der Waals surface area contributed by atoms with Gasteiger partial charge in [0.15, 0.2) is 0 Å². The zero-order chi connectivity index (χ0) is 21.5. The number of nitrogens with one attached hydrogen (secondary N) is 1. The van der Waals surface area contributed by atoms with Gasteiger partial charge in [-0.2, -0.15) is 12.2 Å². The third-order valence-corrected chi connectivity index (χ3v) is 6.93. The number of aromatic amines is 1. The summed E-state index contributed by atoms with van der Waals surface area (Å²) in [5.41, 5.74) is 7.89. The minimum absolute atomic E-state index is 0.0170. The molecule has 0 spiro atoms. The van der Waals surface area contributed by atoms with Gasteiger partial charge in [-0.15, -0.1) is 0 Å². The highest BCUT2D eigenvalue weighted by atomic mass is 35.5. The molecule has 4 rings (SSSR count). The molecule has 0 atom stereocenters. The number of sulfonamides is 1. The third kappa shape index (κ3) is 3.72. The van der Waals surface area contributed by atoms with E-state index in [1.807, 2.05) is 0 Å². The van der Waals surface area contributed by atoms with Crippen molar-refractivity contribution < 1.29 is 13.2 Å². The molecule has 152 valence electrons. The smallest absolute Gasteiger partial charge is 0.278 e. The predicted octanol–water partition coefficient (Wildman–Crippen LogP) is 4.33. The first-order valence-electron chi connectivity index (χ1n) is 8.62. The minimum atomic E-state index is -3.97. The van der Waals surface area contributed by atoms with Gasteiger partial charge in [-0.1, -0.05) is 11.6 Å². The summed E-state index contributed by atoms with van der Waals surface area (Å²) in [6.07, 6.45) is 0. The highest BCUT2D eigenvalue weighted by Crippen LogP contribution is 2.28. The Labute approximate surface area is 182 Å². The average Bonchev–Trinajstić information content (AvgIpc) is 3.17. The lowest BCUT2D eigenvalue weighted by Crippen LogP contribution is -2.21. The second kappa shape index (κ2) is 7.64. The Balaban J connectivity index is 1.64. The Hall–Kier alpha value is -3.07. The number of aromatic nitrogens is 2. The SMILES string of the molecule is NC(=O)c1ccc2[nH]c(-c3ccc(S(=O)(=O)N(Cl)c4ccc(Cl)cc4)cc3)nc2c1. The lowest BCUT2D eigenvalue weighted by Gasteiger charge is -2.16. The number of carbonyl (C=O) groups is 1. The summed E-state index contributed by atoms with van der Waals surface area (Å²) in [5, 5.41) is 0.472. The summed E-state index contributed by atoms with van der Waals surface area (Å²) >= 11 is 11.9. The number of anilines is 1. The van der Waals surface area contributed by atoms with Crippen molar-refractivity contribution in [3.63, 3.8) is 0 Å². The molecule has 0 radical (unpaired) electrons. The van der Waals surface area contributed by atoms with Gasteiger partial charge in [-0.25, -0.2) is 4.98 Å². The minimum Gasteiger partial charge on any atom is -0.366 e. The molecule has 1 aromatic heterocycles. The van der Waals surface area contributed by atoms with Crippen molar-refractivity contribution in [3.05, 3.63) is 77.3 Å². The van der Waals surface area contributed by atoms with Gasteiger partial charge in [-0.3, -0.25) is 4.79 Å². The van der Waals surface area contributed by atoms with E-state index in [1.165, 1.54) is 24.3 Å². The number of halogens is 2. The van der Waals surface area contributed by atoms with Crippen molar-refractivity contribution in [2.45, 2.75) is 4.90 Å². The fraction of sp³-hybridized carbons (Fsp3) is 0. The number of benzene rings is 3. The molecular formula is C20H14Cl2N4O3S. The number of rotatable bonds is 5. The van der Waals surface area contributed by atoms with Crippen molar-refractivity contribution in [3.8, 4) is 11.4 Å². The first-order chi connectivity index (χ1) is 14.3. The van der Waals surface area contributed by atoms with Crippen molar-refractivity contribution in [1.29, 1.82) is 0 Å². The molecule has 0 saturated carbocycles. The second-order valence-corrected chi connectivity index (χ2v) is 9.16. The van der Waals surface area contributed by atoms with Gasteiger partial charge in [0.1, 0.15) is 5.82 Å². The molecular weight excluding hydrogens is 447 g/mol. The molecule has 0 unspecified atom stereocenters. The van der Waals surface area contributed by atoms with Crippen LogP contribution >= 0.6 is 23.4 Å². The summed E-state index contributed by atoms with van der Waals surface area (Å²) in [4.78, 5) is 18.9. The van der Waals surface area contributed by atoms with Crippen molar-refractivity contribution in [2.75, 3.05) is 3.82 Å². The number of H-pyrrole nitrogens is 1. The van der Waals surface area contributed by atoms with E-state index in [2.05, 4.69) is 9.97 Å². The van der Waals surface area contributed by atoms with Crippen LogP contribution in [0.2, 0.25) is 5.02 Å². The maximum absolute atomic E-state index is 12.8. The Morgan fingerprint density at radius 2 is 1.67 bits per heavy atom. The van der Waals surface area contributed by atoms with Crippen LogP contribution < -0.4 is 9.56 Å². The quantitative estimate of drug-likeness (QED) is 0.431. The van der Waals surface area contributed by atoms with E-state index in [-0.39, 0.29) is 10.6 Å². The molecule has 0 fully saturated rings. The largest absolute Gasteiger partial charge is 0.366 e. The number of hydrogen-bond acceptors (Lipinski definition) is 4. The van der Waals surface area contributed by atoms with Crippen LogP contribution in [0, 0.1) is 0 Å². The number of primary amides is 1. The number of nitrogens with zero attached hydrogens (tertiary/aromatic N) is 2. The van der Waals surface area contributed by atoms with Gasteiger partial charge in [0.25, 0.3) is 10.0 Å². The van der Waals surface area contributed by atoms with E-state index >= 15 is 0 Å². The summed E-state index contributed by atoms with van der Waals surface area (Å²) in [5.74, 6) is -0.0154. The number of hydrogen-bond donors (Lipinski definition) is 2. The van der Waals surface area contributed by atoms with Crippen LogP contribution in [-0.2, 0) is 10.0 Å². The van der Waals surface area contributed by atoms with Gasteiger partial charge < -0.3 is 10.7 Å². The maximum Gasteiger partial charge on any atom is 0.278 e. The van der Waals surface area contributed by atoms with E-state index in [1.54, 1.807) is 42.5 Å². The maximum atomic E-state index is 12.8. The standard InChI is InChI=1S/C20H14Cl2N4O3S/c21-14-4-6-15(7-5-14)26(22)30(28,29)16-8-1-12(2-9-16)20-24-17-10-3-13(19(23)27)11-18(17)25-20/h1-11H,(H2,23,27)(H,24,25). The van der Waals surface area contributed by atoms with Crippen LogP contribution in [0.5, 0.6) is 0 Å². The molecule has 30 heavy (non-hydrogen) atoms. The summed E-state index contributed by atoms with van der Waals surface area (Å²) in [6.45, 7) is 0. The number of carbonyl (C=O) groups excluding carboxylic acids is 1. The lowest BCUT2D eigenvalue weighted by atomic mass is 10.2. The first kappa shape index (κ1) is 20.2. The first-order valence-corrected chi connectivity index (χ1v) is 10.8. The van der Waals surface area contributed by atoms with Crippen molar-refractivity contribution in [2.24, 2.45) is 5.73 Å². The van der Waals surface area contributed by atoms with Crippen LogP contribution in [-0.4, -0.2) is 24.3 Å². The normalized spacial score (nSPS) is 11.5. The molecule has 1 heterocycles. The van der Waals surface area contributed by atoms with Crippen LogP contribution in [0.15, 0.2) is 71.6 Å². The molecule has 7 nitrogen and oxygen atoms in total. The summed E-state index contributed by atoms with van der Waals surface area (Å²) in [6, 6.07) is 17.1. The molecule has 10 heteroatoms. The van der Waals surface area contributed by atoms with Gasteiger partial charge in [-0.05, 0) is 66.7 Å². The Morgan fingerprint density at radius 3 is 2.30 bits per heavy atom. The average molecular weight is 461 g/mol. The zero-order valence-corrected chi connectivity index (χ0v) is 17.5. The summed E-state index contributed by atoms with van der Waals surface area (Å²) in [7, 11) is -3.97. The number of amides is 1. The van der Waals surface area contributed by atoms with Crippen molar-refractivity contribution >= 4 is 56.0 Å². The Morgan fingerprint density at radius 1 is 1.00 bits per heavy atom. The Kier molecular flexibility index (Phi) is 5.15. The third-order valence-electron chi connectivity index (χ3n) is 4.43. The lowest BCUT2D eigenvalue weighted by molar-refractivity contribution is 0.100. The predicted molar refractivity (Wildman–Crippen MR) is 117 cm³/mol. The highest BCUT2D eigenvalue weighted by Gasteiger charge is 2.23. The van der Waals surface area contributed by atoms with E-state index in [9.17, 15) is 13.2 Å². The topological polar surface area (TPSA) is 109 Å². The molecule has 4 aromatic rings. The number of fused-ring (bicyclic) bond motifs is 1. The van der Waals surface area contributed by atoms with E-state index in [0.717, 1.165) is 5.52 Å². The fourth-order valence-corrected chi connectivity index (χ4v) is 4.41. The van der Waals surface area contributed by atoms with E-state index in [4.69, 9.17) is 29.1 Å². The van der Waals surface area contributed by atoms with Crippen LogP contribution in [0.3, 0.4) is 0 Å². The van der Waals surface area contributed by atoms with E-state index < -0.39 is 15.9 Å². The molecule has 3 aromatic carbocycles. The highest BCUT2D eigenvalue weighted by molar-refractivity contribution is 7.94.